The standard InChI is InChI=1S/C29H31ClN6O3/c1-5-38-21-12-13-25-20(15-21)16-23(28(37)31-25)26(27-32-33-34-36(27)29(2,3)4)35(18-22-10-8-14-39-22)17-19-9-6-7-11-24(19)30/h6-16,26H,5,17-18H2,1-4H3,(H,31,37). The van der Waals surface area contributed by atoms with Crippen molar-refractivity contribution < 1.29 is 9.15 Å². The number of benzene rings is 2. The van der Waals surface area contributed by atoms with Crippen molar-refractivity contribution in [1.82, 2.24) is 30.1 Å². The zero-order chi connectivity index (χ0) is 27.6. The van der Waals surface area contributed by atoms with Crippen LogP contribution in [0.2, 0.25) is 5.02 Å². The molecule has 0 radical (unpaired) electrons. The highest BCUT2D eigenvalue weighted by atomic mass is 35.5. The number of ether oxygens (including phenoxy) is 1. The number of H-pyrrole nitrogens is 1. The molecule has 0 amide bonds. The average molecular weight is 547 g/mol. The van der Waals surface area contributed by atoms with Crippen LogP contribution in [0.15, 0.2) is 76.1 Å². The van der Waals surface area contributed by atoms with Crippen molar-refractivity contribution in [3.63, 3.8) is 0 Å². The van der Waals surface area contributed by atoms with Crippen LogP contribution >= 0.6 is 11.6 Å². The molecule has 39 heavy (non-hydrogen) atoms. The quantitative estimate of drug-likeness (QED) is 0.253. The lowest BCUT2D eigenvalue weighted by atomic mass is 10.0. The van der Waals surface area contributed by atoms with E-state index in [0.29, 0.717) is 41.6 Å². The Hall–Kier alpha value is -3.95. The Morgan fingerprint density at radius 3 is 2.64 bits per heavy atom. The van der Waals surface area contributed by atoms with Gasteiger partial charge in [0.05, 0.1) is 25.0 Å². The van der Waals surface area contributed by atoms with E-state index in [0.717, 1.165) is 22.5 Å². The summed E-state index contributed by atoms with van der Waals surface area (Å²) in [6.45, 7) is 9.34. The van der Waals surface area contributed by atoms with Crippen LogP contribution in [0.5, 0.6) is 5.75 Å². The van der Waals surface area contributed by atoms with Gasteiger partial charge in [-0.25, -0.2) is 4.68 Å². The first-order valence-electron chi connectivity index (χ1n) is 12.8. The first-order valence-corrected chi connectivity index (χ1v) is 13.2. The lowest BCUT2D eigenvalue weighted by molar-refractivity contribution is 0.171. The molecule has 5 aromatic rings. The van der Waals surface area contributed by atoms with Crippen LogP contribution in [-0.4, -0.2) is 36.7 Å². The summed E-state index contributed by atoms with van der Waals surface area (Å²) < 4.78 is 13.2. The zero-order valence-corrected chi connectivity index (χ0v) is 23.1. The number of aromatic nitrogens is 5. The number of nitrogens with zero attached hydrogens (tertiary/aromatic N) is 5. The van der Waals surface area contributed by atoms with Gasteiger partial charge in [-0.15, -0.1) is 5.10 Å². The van der Waals surface area contributed by atoms with Gasteiger partial charge in [-0.05, 0) is 86.1 Å². The van der Waals surface area contributed by atoms with Crippen LogP contribution in [0.4, 0.5) is 0 Å². The number of fused-ring (bicyclic) bond motifs is 1. The summed E-state index contributed by atoms with van der Waals surface area (Å²) in [5.74, 6) is 1.99. The average Bonchev–Trinajstić information content (AvgIpc) is 3.59. The van der Waals surface area contributed by atoms with E-state index in [-0.39, 0.29) is 5.56 Å². The smallest absolute Gasteiger partial charge is 0.253 e. The SMILES string of the molecule is CCOc1ccc2[nH]c(=O)c(C(c3nnnn3C(C)(C)C)N(Cc3ccco3)Cc3ccccc3Cl)cc2c1. The second-order valence-electron chi connectivity index (χ2n) is 10.3. The molecule has 202 valence electrons. The first-order chi connectivity index (χ1) is 18.7. The molecule has 3 aromatic heterocycles. The van der Waals surface area contributed by atoms with E-state index in [1.807, 2.05) is 88.4 Å². The van der Waals surface area contributed by atoms with Gasteiger partial charge in [-0.2, -0.15) is 0 Å². The summed E-state index contributed by atoms with van der Waals surface area (Å²) >= 11 is 6.61. The van der Waals surface area contributed by atoms with Crippen LogP contribution in [0.3, 0.4) is 0 Å². The maximum absolute atomic E-state index is 13.7. The molecule has 10 heteroatoms. The maximum atomic E-state index is 13.7. The Morgan fingerprint density at radius 1 is 1.10 bits per heavy atom. The molecule has 0 saturated heterocycles. The minimum atomic E-state index is -0.635. The van der Waals surface area contributed by atoms with Crippen molar-refractivity contribution in [1.29, 1.82) is 0 Å². The number of nitrogens with one attached hydrogen (secondary N) is 1. The molecule has 0 spiro atoms. The van der Waals surface area contributed by atoms with Crippen LogP contribution < -0.4 is 10.3 Å². The third kappa shape index (κ3) is 5.74. The van der Waals surface area contributed by atoms with E-state index in [2.05, 4.69) is 25.4 Å². The number of pyridine rings is 1. The van der Waals surface area contributed by atoms with E-state index in [1.165, 1.54) is 0 Å². The molecule has 0 aliphatic heterocycles. The summed E-state index contributed by atoms with van der Waals surface area (Å²) in [5, 5.41) is 14.3. The fourth-order valence-electron chi connectivity index (χ4n) is 4.69. The minimum Gasteiger partial charge on any atom is -0.494 e. The number of tetrazole rings is 1. The number of furan rings is 1. The topological polar surface area (TPSA) is 102 Å². The van der Waals surface area contributed by atoms with E-state index in [4.69, 9.17) is 20.8 Å². The van der Waals surface area contributed by atoms with Crippen molar-refractivity contribution >= 4 is 22.5 Å². The predicted octanol–water partition coefficient (Wildman–Crippen LogP) is 5.71. The molecular weight excluding hydrogens is 516 g/mol. The zero-order valence-electron chi connectivity index (χ0n) is 22.4. The maximum Gasteiger partial charge on any atom is 0.253 e. The van der Waals surface area contributed by atoms with Crippen LogP contribution in [-0.2, 0) is 18.6 Å². The first kappa shape index (κ1) is 26.6. The molecule has 0 fully saturated rings. The van der Waals surface area contributed by atoms with Crippen molar-refractivity contribution in [2.24, 2.45) is 0 Å². The summed E-state index contributed by atoms with van der Waals surface area (Å²) in [6, 6.07) is 18.3. The van der Waals surface area contributed by atoms with Crippen molar-refractivity contribution in [2.45, 2.75) is 52.4 Å². The number of hydrogen-bond acceptors (Lipinski definition) is 7. The van der Waals surface area contributed by atoms with Crippen molar-refractivity contribution in [2.75, 3.05) is 6.61 Å². The molecule has 1 atom stereocenters. The lowest BCUT2D eigenvalue weighted by Crippen LogP contribution is -2.37. The fraction of sp³-hybridized carbons (Fsp3) is 0.310. The number of rotatable bonds is 9. The molecule has 1 N–H and O–H groups in total. The van der Waals surface area contributed by atoms with Crippen molar-refractivity contribution in [3.05, 3.63) is 105 Å². The van der Waals surface area contributed by atoms with E-state index >= 15 is 0 Å². The molecule has 0 aliphatic rings. The summed E-state index contributed by atoms with van der Waals surface area (Å²) in [5.41, 5.74) is 1.44. The Labute approximate surface area is 231 Å². The van der Waals surface area contributed by atoms with Crippen LogP contribution in [0.1, 0.15) is 56.4 Å². The number of aromatic amines is 1. The minimum absolute atomic E-state index is 0.233. The fourth-order valence-corrected chi connectivity index (χ4v) is 4.88. The Kier molecular flexibility index (Phi) is 7.54. The number of hydrogen-bond donors (Lipinski definition) is 1. The van der Waals surface area contributed by atoms with Gasteiger partial charge in [0.1, 0.15) is 17.6 Å². The van der Waals surface area contributed by atoms with E-state index < -0.39 is 11.6 Å². The normalized spacial score (nSPS) is 12.8. The summed E-state index contributed by atoms with van der Waals surface area (Å²) in [7, 11) is 0. The molecule has 5 rings (SSSR count). The van der Waals surface area contributed by atoms with Gasteiger partial charge in [-0.3, -0.25) is 9.69 Å². The van der Waals surface area contributed by atoms with Gasteiger partial charge < -0.3 is 14.1 Å². The molecule has 1 unspecified atom stereocenters. The van der Waals surface area contributed by atoms with E-state index in [1.54, 1.807) is 10.9 Å². The molecule has 0 aliphatic carbocycles. The lowest BCUT2D eigenvalue weighted by Gasteiger charge is -2.32. The molecule has 0 saturated carbocycles. The van der Waals surface area contributed by atoms with Gasteiger partial charge in [0, 0.05) is 28.0 Å². The van der Waals surface area contributed by atoms with Gasteiger partial charge >= 0.3 is 0 Å². The van der Waals surface area contributed by atoms with E-state index in [9.17, 15) is 4.79 Å². The largest absolute Gasteiger partial charge is 0.494 e. The second kappa shape index (κ2) is 11.0. The molecule has 0 bridgehead atoms. The third-order valence-corrected chi connectivity index (χ3v) is 6.83. The van der Waals surface area contributed by atoms with Crippen LogP contribution in [0.25, 0.3) is 10.9 Å². The van der Waals surface area contributed by atoms with Gasteiger partial charge in [-0.1, -0.05) is 29.8 Å². The molecule has 3 heterocycles. The second-order valence-corrected chi connectivity index (χ2v) is 10.7. The highest BCUT2D eigenvalue weighted by molar-refractivity contribution is 6.31. The Morgan fingerprint density at radius 2 is 1.92 bits per heavy atom. The third-order valence-electron chi connectivity index (χ3n) is 6.46. The molecule has 9 nitrogen and oxygen atoms in total. The Balaban J connectivity index is 1.73. The van der Waals surface area contributed by atoms with Crippen LogP contribution in [0, 0.1) is 0 Å². The Bertz CT molecular complexity index is 1620. The highest BCUT2D eigenvalue weighted by Gasteiger charge is 2.34. The highest BCUT2D eigenvalue weighted by Crippen LogP contribution is 2.33. The monoisotopic (exact) mass is 546 g/mol. The van der Waals surface area contributed by atoms with Gasteiger partial charge in [0.25, 0.3) is 5.56 Å². The summed E-state index contributed by atoms with van der Waals surface area (Å²) in [4.78, 5) is 18.9. The molecule has 2 aromatic carbocycles. The van der Waals surface area contributed by atoms with Gasteiger partial charge in [0.15, 0.2) is 5.82 Å². The predicted molar refractivity (Wildman–Crippen MR) is 150 cm³/mol. The number of halogens is 1. The molecular formula is C29H31ClN6O3. The summed E-state index contributed by atoms with van der Waals surface area (Å²) in [6.07, 6.45) is 1.63. The van der Waals surface area contributed by atoms with Gasteiger partial charge in [0.2, 0.25) is 0 Å². The van der Waals surface area contributed by atoms with Crippen molar-refractivity contribution in [3.8, 4) is 5.75 Å².